The summed E-state index contributed by atoms with van der Waals surface area (Å²) in [6.45, 7) is -3.30. The quantitative estimate of drug-likeness (QED) is 0.648. The van der Waals surface area contributed by atoms with Gasteiger partial charge in [0.25, 0.3) is 5.91 Å². The molecule has 29 heavy (non-hydrogen) atoms. The lowest BCUT2D eigenvalue weighted by Gasteiger charge is -2.14. The van der Waals surface area contributed by atoms with E-state index in [2.05, 4.69) is 20.0 Å². The van der Waals surface area contributed by atoms with Gasteiger partial charge in [-0.3, -0.25) is 9.78 Å². The molecule has 148 valence electrons. The number of pyridine rings is 2. The molecule has 1 aromatic carbocycles. The van der Waals surface area contributed by atoms with Gasteiger partial charge in [-0.15, -0.1) is 0 Å². The monoisotopic (exact) mass is 408 g/mol. The van der Waals surface area contributed by atoms with Crippen molar-refractivity contribution >= 4 is 22.5 Å². The Bertz CT molecular complexity index is 1130. The van der Waals surface area contributed by atoms with Gasteiger partial charge in [0, 0.05) is 23.3 Å². The summed E-state index contributed by atoms with van der Waals surface area (Å²) in [4.78, 5) is 19.7. The molecule has 1 amide bonds. The van der Waals surface area contributed by atoms with E-state index >= 15 is 0 Å². The molecule has 0 aliphatic rings. The SMILES string of the molecule is N#Cc1cnccc1NC(=O)c1ccc(OC(F)F)c2nc(C(F)(F)F)ccc12. The third-order valence-corrected chi connectivity index (χ3v) is 3.76. The molecular formula is C18H9F5N4O2. The molecule has 6 nitrogen and oxygen atoms in total. The normalized spacial score (nSPS) is 11.3. The molecule has 0 spiro atoms. The molecule has 2 heterocycles. The molecule has 1 N–H and O–H groups in total. The number of nitrogens with one attached hydrogen (secondary N) is 1. The van der Waals surface area contributed by atoms with Gasteiger partial charge in [0.2, 0.25) is 0 Å². The maximum atomic E-state index is 13.0. The largest absolute Gasteiger partial charge is 0.433 e. The molecule has 0 fully saturated rings. The second-order valence-electron chi connectivity index (χ2n) is 5.57. The number of amides is 1. The lowest BCUT2D eigenvalue weighted by atomic mass is 10.1. The fourth-order valence-corrected chi connectivity index (χ4v) is 2.52. The summed E-state index contributed by atoms with van der Waals surface area (Å²) in [5.74, 6) is -1.40. The predicted octanol–water partition coefficient (Wildman–Crippen LogP) is 4.37. The van der Waals surface area contributed by atoms with Crippen LogP contribution < -0.4 is 10.1 Å². The Labute approximate surface area is 159 Å². The molecular weight excluding hydrogens is 399 g/mol. The lowest BCUT2D eigenvalue weighted by Crippen LogP contribution is -2.15. The van der Waals surface area contributed by atoms with Gasteiger partial charge in [-0.2, -0.15) is 27.2 Å². The second kappa shape index (κ2) is 7.67. The first-order valence-electron chi connectivity index (χ1n) is 7.82. The average Bonchev–Trinajstić information content (AvgIpc) is 2.67. The fraction of sp³-hybridized carbons (Fsp3) is 0.111. The van der Waals surface area contributed by atoms with Gasteiger partial charge in [-0.05, 0) is 30.3 Å². The van der Waals surface area contributed by atoms with E-state index in [9.17, 15) is 26.7 Å². The van der Waals surface area contributed by atoms with Gasteiger partial charge in [-0.1, -0.05) is 0 Å². The van der Waals surface area contributed by atoms with Gasteiger partial charge in [0.15, 0.2) is 5.75 Å². The van der Waals surface area contributed by atoms with Crippen LogP contribution in [0, 0.1) is 11.3 Å². The molecule has 3 rings (SSSR count). The number of halogens is 5. The number of alkyl halides is 5. The van der Waals surface area contributed by atoms with Crippen LogP contribution in [0.15, 0.2) is 42.7 Å². The highest BCUT2D eigenvalue weighted by Gasteiger charge is 2.33. The van der Waals surface area contributed by atoms with Crippen molar-refractivity contribution in [3.8, 4) is 11.8 Å². The first-order chi connectivity index (χ1) is 13.7. The zero-order valence-corrected chi connectivity index (χ0v) is 14.2. The van der Waals surface area contributed by atoms with Crippen molar-refractivity contribution in [1.29, 1.82) is 5.26 Å². The molecule has 2 aromatic heterocycles. The molecule has 3 aromatic rings. The van der Waals surface area contributed by atoms with E-state index in [1.54, 1.807) is 0 Å². The summed E-state index contributed by atoms with van der Waals surface area (Å²) in [6.07, 6.45) is -2.29. The Morgan fingerprint density at radius 3 is 2.59 bits per heavy atom. The molecule has 0 atom stereocenters. The topological polar surface area (TPSA) is 87.9 Å². The number of ether oxygens (including phenoxy) is 1. The number of hydrogen-bond donors (Lipinski definition) is 1. The van der Waals surface area contributed by atoms with Crippen molar-refractivity contribution in [2.75, 3.05) is 5.32 Å². The van der Waals surface area contributed by atoms with Crippen LogP contribution >= 0.6 is 0 Å². The number of rotatable bonds is 4. The Kier molecular flexibility index (Phi) is 5.27. The van der Waals surface area contributed by atoms with E-state index in [4.69, 9.17) is 5.26 Å². The minimum atomic E-state index is -4.83. The standard InChI is InChI=1S/C18H9F5N4O2/c19-17(20)29-13-3-1-11(10-2-4-14(18(21,22)23)27-15(10)13)16(28)26-12-5-6-25-8-9(12)7-24/h1-6,8,17H,(H,25,26,28). The number of aromatic nitrogens is 2. The van der Waals surface area contributed by atoms with Crippen LogP contribution in [0.25, 0.3) is 10.9 Å². The van der Waals surface area contributed by atoms with Gasteiger partial charge >= 0.3 is 12.8 Å². The number of anilines is 1. The van der Waals surface area contributed by atoms with Gasteiger partial charge < -0.3 is 10.1 Å². The molecule has 0 aliphatic carbocycles. The number of carbonyl (C=O) groups is 1. The van der Waals surface area contributed by atoms with Crippen LogP contribution in [0.5, 0.6) is 5.75 Å². The number of nitrogens with zero attached hydrogens (tertiary/aromatic N) is 3. The molecule has 0 bridgehead atoms. The van der Waals surface area contributed by atoms with Crippen LogP contribution in [-0.4, -0.2) is 22.5 Å². The first-order valence-corrected chi connectivity index (χ1v) is 7.82. The van der Waals surface area contributed by atoms with Crippen molar-refractivity contribution < 1.29 is 31.5 Å². The highest BCUT2D eigenvalue weighted by atomic mass is 19.4. The van der Waals surface area contributed by atoms with Crippen molar-refractivity contribution in [1.82, 2.24) is 9.97 Å². The van der Waals surface area contributed by atoms with Crippen LogP contribution in [-0.2, 0) is 6.18 Å². The molecule has 0 radical (unpaired) electrons. The molecule has 0 saturated carbocycles. The third-order valence-electron chi connectivity index (χ3n) is 3.76. The maximum absolute atomic E-state index is 13.0. The average molecular weight is 408 g/mol. The minimum Gasteiger partial charge on any atom is -0.432 e. The van der Waals surface area contributed by atoms with E-state index in [1.165, 1.54) is 18.5 Å². The summed E-state index contributed by atoms with van der Waals surface area (Å²) in [5.41, 5.74) is -1.86. The van der Waals surface area contributed by atoms with Crippen molar-refractivity contribution in [3.63, 3.8) is 0 Å². The van der Waals surface area contributed by atoms with Gasteiger partial charge in [0.1, 0.15) is 17.3 Å². The minimum absolute atomic E-state index is 0.0558. The fourth-order valence-electron chi connectivity index (χ4n) is 2.52. The van der Waals surface area contributed by atoms with Crippen LogP contribution in [0.4, 0.5) is 27.6 Å². The third kappa shape index (κ3) is 4.21. The van der Waals surface area contributed by atoms with Crippen LogP contribution in [0.2, 0.25) is 0 Å². The first kappa shape index (κ1) is 19.9. The number of hydrogen-bond acceptors (Lipinski definition) is 5. The summed E-state index contributed by atoms with van der Waals surface area (Å²) in [6, 6.07) is 6.78. The highest BCUT2D eigenvalue weighted by molar-refractivity contribution is 6.13. The molecule has 0 saturated heterocycles. The Hall–Kier alpha value is -3.81. The summed E-state index contributed by atoms with van der Waals surface area (Å²) in [7, 11) is 0. The van der Waals surface area contributed by atoms with Gasteiger partial charge in [0.05, 0.1) is 11.3 Å². The maximum Gasteiger partial charge on any atom is 0.433 e. The van der Waals surface area contributed by atoms with Crippen molar-refractivity contribution in [2.24, 2.45) is 0 Å². The molecule has 0 unspecified atom stereocenters. The highest BCUT2D eigenvalue weighted by Crippen LogP contribution is 2.34. The van der Waals surface area contributed by atoms with Crippen molar-refractivity contribution in [3.05, 3.63) is 59.5 Å². The Balaban J connectivity index is 2.11. The van der Waals surface area contributed by atoms with Crippen molar-refractivity contribution in [2.45, 2.75) is 12.8 Å². The number of nitriles is 1. The van der Waals surface area contributed by atoms with Gasteiger partial charge in [-0.25, -0.2) is 4.98 Å². The Morgan fingerprint density at radius 1 is 1.17 bits per heavy atom. The van der Waals surface area contributed by atoms with E-state index in [0.29, 0.717) is 6.07 Å². The molecule has 11 heteroatoms. The summed E-state index contributed by atoms with van der Waals surface area (Å²) < 4.78 is 68.4. The number of carbonyl (C=O) groups excluding carboxylic acids is 1. The second-order valence-corrected chi connectivity index (χ2v) is 5.57. The van der Waals surface area contributed by atoms with Crippen LogP contribution in [0.3, 0.4) is 0 Å². The zero-order valence-electron chi connectivity index (χ0n) is 14.2. The Morgan fingerprint density at radius 2 is 1.93 bits per heavy atom. The summed E-state index contributed by atoms with van der Waals surface area (Å²) in [5, 5.41) is 11.4. The lowest BCUT2D eigenvalue weighted by molar-refractivity contribution is -0.140. The number of fused-ring (bicyclic) bond motifs is 1. The smallest absolute Gasteiger partial charge is 0.432 e. The van der Waals surface area contributed by atoms with E-state index in [1.807, 2.05) is 6.07 Å². The molecule has 0 aliphatic heterocycles. The van der Waals surface area contributed by atoms with Crippen LogP contribution in [0.1, 0.15) is 21.6 Å². The zero-order chi connectivity index (χ0) is 21.2. The van der Waals surface area contributed by atoms with E-state index in [0.717, 1.165) is 18.2 Å². The predicted molar refractivity (Wildman–Crippen MR) is 90.3 cm³/mol. The van der Waals surface area contributed by atoms with E-state index < -0.39 is 35.7 Å². The van der Waals surface area contributed by atoms with E-state index in [-0.39, 0.29) is 22.2 Å². The number of benzene rings is 1. The summed E-state index contributed by atoms with van der Waals surface area (Å²) >= 11 is 0.